The molecule has 4 fully saturated rings. The number of esters is 1. The maximum atomic E-state index is 12.2. The molecule has 1 atom stereocenters. The minimum atomic E-state index is -0.0478. The highest BCUT2D eigenvalue weighted by Gasteiger charge is 2.53. The zero-order valence-corrected chi connectivity index (χ0v) is 11.8. The Balaban J connectivity index is 1.67. The smallest absolute Gasteiger partial charge is 0.309 e. The van der Waals surface area contributed by atoms with Gasteiger partial charge in [-0.25, -0.2) is 0 Å². The highest BCUT2D eigenvalue weighted by atomic mass is 16.6. The molecule has 2 nitrogen and oxygen atoms in total. The zero-order valence-electron chi connectivity index (χ0n) is 11.8. The Morgan fingerprint density at radius 2 is 1.67 bits per heavy atom. The molecule has 0 amide bonds. The van der Waals surface area contributed by atoms with Crippen LogP contribution in [-0.2, 0) is 9.53 Å². The lowest BCUT2D eigenvalue weighted by Gasteiger charge is -2.55. The summed E-state index contributed by atoms with van der Waals surface area (Å²) in [6, 6.07) is 0. The van der Waals surface area contributed by atoms with Crippen LogP contribution in [0.15, 0.2) is 0 Å². The molecule has 1 unspecified atom stereocenters. The van der Waals surface area contributed by atoms with Crippen molar-refractivity contribution in [3.63, 3.8) is 0 Å². The highest BCUT2D eigenvalue weighted by Crippen LogP contribution is 2.57. The Morgan fingerprint density at radius 3 is 2.11 bits per heavy atom. The average Bonchev–Trinajstić information content (AvgIpc) is 2.26. The lowest BCUT2D eigenvalue weighted by Crippen LogP contribution is -2.53. The van der Waals surface area contributed by atoms with Crippen LogP contribution in [0.25, 0.3) is 0 Å². The molecule has 0 spiro atoms. The molecule has 102 valence electrons. The van der Waals surface area contributed by atoms with Gasteiger partial charge in [-0.1, -0.05) is 20.3 Å². The van der Waals surface area contributed by atoms with Gasteiger partial charge in [0.1, 0.15) is 5.60 Å². The SMILES string of the molecule is CCCC(C)C(=O)OC12CC3CC(CC(C3)C1)C2. The second kappa shape index (κ2) is 4.54. The summed E-state index contributed by atoms with van der Waals surface area (Å²) < 4.78 is 6.03. The summed E-state index contributed by atoms with van der Waals surface area (Å²) in [6.45, 7) is 4.15. The topological polar surface area (TPSA) is 26.3 Å². The van der Waals surface area contributed by atoms with Crippen LogP contribution in [0.5, 0.6) is 0 Å². The maximum Gasteiger partial charge on any atom is 0.309 e. The molecule has 0 aromatic carbocycles. The second-order valence-electron chi connectivity index (χ2n) is 7.21. The molecule has 0 aromatic heterocycles. The van der Waals surface area contributed by atoms with E-state index in [1.54, 1.807) is 0 Å². The summed E-state index contributed by atoms with van der Waals surface area (Å²) in [7, 11) is 0. The van der Waals surface area contributed by atoms with E-state index < -0.39 is 0 Å². The first-order valence-corrected chi connectivity index (χ1v) is 7.83. The molecular formula is C16H26O2. The number of carbonyl (C=O) groups excluding carboxylic acids is 1. The van der Waals surface area contributed by atoms with Crippen LogP contribution in [0, 0.1) is 23.7 Å². The average molecular weight is 250 g/mol. The van der Waals surface area contributed by atoms with Crippen LogP contribution in [0.3, 0.4) is 0 Å². The molecule has 0 aromatic rings. The molecule has 0 aliphatic heterocycles. The second-order valence-corrected chi connectivity index (χ2v) is 7.21. The number of hydrogen-bond donors (Lipinski definition) is 0. The predicted molar refractivity (Wildman–Crippen MR) is 71.1 cm³/mol. The summed E-state index contributed by atoms with van der Waals surface area (Å²) in [5.74, 6) is 2.71. The van der Waals surface area contributed by atoms with Crippen LogP contribution in [-0.4, -0.2) is 11.6 Å². The Labute approximate surface area is 110 Å². The molecule has 2 heteroatoms. The van der Waals surface area contributed by atoms with Crippen molar-refractivity contribution in [1.82, 2.24) is 0 Å². The molecule has 4 saturated carbocycles. The van der Waals surface area contributed by atoms with Crippen molar-refractivity contribution in [2.75, 3.05) is 0 Å². The van der Waals surface area contributed by atoms with E-state index >= 15 is 0 Å². The van der Waals surface area contributed by atoms with E-state index in [0.29, 0.717) is 0 Å². The van der Waals surface area contributed by atoms with Crippen LogP contribution < -0.4 is 0 Å². The van der Waals surface area contributed by atoms with Gasteiger partial charge in [-0.2, -0.15) is 0 Å². The molecule has 18 heavy (non-hydrogen) atoms. The summed E-state index contributed by atoms with van der Waals surface area (Å²) in [6.07, 6.45) is 9.71. The molecule has 0 heterocycles. The van der Waals surface area contributed by atoms with Gasteiger partial charge in [0.2, 0.25) is 0 Å². The van der Waals surface area contributed by atoms with E-state index in [1.165, 1.54) is 19.3 Å². The monoisotopic (exact) mass is 250 g/mol. The van der Waals surface area contributed by atoms with E-state index in [1.807, 2.05) is 6.92 Å². The van der Waals surface area contributed by atoms with Crippen LogP contribution >= 0.6 is 0 Å². The van der Waals surface area contributed by atoms with Gasteiger partial charge >= 0.3 is 5.97 Å². The van der Waals surface area contributed by atoms with Crippen molar-refractivity contribution in [1.29, 1.82) is 0 Å². The summed E-state index contributed by atoms with van der Waals surface area (Å²) >= 11 is 0. The lowest BCUT2D eigenvalue weighted by molar-refractivity contribution is -0.190. The van der Waals surface area contributed by atoms with Crippen LogP contribution in [0.2, 0.25) is 0 Å². The van der Waals surface area contributed by atoms with Crippen molar-refractivity contribution in [2.24, 2.45) is 23.7 Å². The third kappa shape index (κ3) is 2.19. The van der Waals surface area contributed by atoms with Crippen molar-refractivity contribution in [3.05, 3.63) is 0 Å². The van der Waals surface area contributed by atoms with Gasteiger partial charge in [0, 0.05) is 0 Å². The molecule has 0 N–H and O–H groups in total. The zero-order chi connectivity index (χ0) is 12.8. The fourth-order valence-corrected chi connectivity index (χ4v) is 5.02. The number of ether oxygens (including phenoxy) is 1. The van der Waals surface area contributed by atoms with E-state index in [9.17, 15) is 4.79 Å². The van der Waals surface area contributed by atoms with E-state index in [4.69, 9.17) is 4.74 Å². The van der Waals surface area contributed by atoms with E-state index in [2.05, 4.69) is 6.92 Å². The Morgan fingerprint density at radius 1 is 1.17 bits per heavy atom. The summed E-state index contributed by atoms with van der Waals surface area (Å²) in [5, 5.41) is 0. The number of hydrogen-bond acceptors (Lipinski definition) is 2. The third-order valence-corrected chi connectivity index (χ3v) is 5.42. The third-order valence-electron chi connectivity index (χ3n) is 5.42. The van der Waals surface area contributed by atoms with E-state index in [0.717, 1.165) is 49.9 Å². The molecule has 4 aliphatic rings. The highest BCUT2D eigenvalue weighted by molar-refractivity contribution is 5.72. The minimum absolute atomic E-state index is 0.0478. The van der Waals surface area contributed by atoms with Crippen LogP contribution in [0.4, 0.5) is 0 Å². The number of carbonyl (C=O) groups is 1. The Kier molecular flexibility index (Phi) is 3.15. The Hall–Kier alpha value is -0.530. The molecule has 4 aliphatic carbocycles. The normalized spacial score (nSPS) is 42.9. The molecular weight excluding hydrogens is 224 g/mol. The van der Waals surface area contributed by atoms with Gasteiger partial charge < -0.3 is 4.74 Å². The minimum Gasteiger partial charge on any atom is -0.459 e. The first-order chi connectivity index (χ1) is 8.60. The van der Waals surface area contributed by atoms with Crippen molar-refractivity contribution in [2.45, 2.75) is 70.8 Å². The van der Waals surface area contributed by atoms with Crippen molar-refractivity contribution < 1.29 is 9.53 Å². The maximum absolute atomic E-state index is 12.2. The summed E-state index contributed by atoms with van der Waals surface area (Å²) in [5.41, 5.74) is -0.0478. The predicted octanol–water partition coefficient (Wildman–Crippen LogP) is 3.93. The lowest BCUT2D eigenvalue weighted by atomic mass is 9.54. The fraction of sp³-hybridized carbons (Fsp3) is 0.938. The van der Waals surface area contributed by atoms with Gasteiger partial charge in [-0.3, -0.25) is 4.79 Å². The van der Waals surface area contributed by atoms with Crippen LogP contribution in [0.1, 0.15) is 65.2 Å². The fourth-order valence-electron chi connectivity index (χ4n) is 5.02. The molecule has 4 bridgehead atoms. The molecule has 0 radical (unpaired) electrons. The van der Waals surface area contributed by atoms with E-state index in [-0.39, 0.29) is 17.5 Å². The van der Waals surface area contributed by atoms with Crippen molar-refractivity contribution in [3.8, 4) is 0 Å². The van der Waals surface area contributed by atoms with Gasteiger partial charge in [-0.15, -0.1) is 0 Å². The quantitative estimate of drug-likeness (QED) is 0.707. The molecule has 4 rings (SSSR count). The largest absolute Gasteiger partial charge is 0.459 e. The van der Waals surface area contributed by atoms with Gasteiger partial charge in [0.25, 0.3) is 0 Å². The summed E-state index contributed by atoms with van der Waals surface area (Å²) in [4.78, 5) is 12.2. The Bertz CT molecular complexity index is 299. The molecule has 0 saturated heterocycles. The first kappa shape index (κ1) is 12.5. The van der Waals surface area contributed by atoms with Crippen molar-refractivity contribution >= 4 is 5.97 Å². The van der Waals surface area contributed by atoms with Gasteiger partial charge in [0.05, 0.1) is 5.92 Å². The van der Waals surface area contributed by atoms with Gasteiger partial charge in [0.15, 0.2) is 0 Å². The van der Waals surface area contributed by atoms with Gasteiger partial charge in [-0.05, 0) is 62.7 Å². The standard InChI is InChI=1S/C16H26O2/c1-3-4-11(2)15(17)18-16-8-12-5-13(9-16)7-14(6-12)10-16/h11-14H,3-10H2,1-2H3. The number of rotatable bonds is 4. The first-order valence-electron chi connectivity index (χ1n) is 7.83.